The highest BCUT2D eigenvalue weighted by molar-refractivity contribution is 7.10. The summed E-state index contributed by atoms with van der Waals surface area (Å²) in [7, 11) is 0. The highest BCUT2D eigenvalue weighted by atomic mass is 32.1. The number of amides is 1. The van der Waals surface area contributed by atoms with Crippen LogP contribution in [0.3, 0.4) is 0 Å². The summed E-state index contributed by atoms with van der Waals surface area (Å²) >= 11 is 1.77. The van der Waals surface area contributed by atoms with Crippen molar-refractivity contribution < 1.29 is 9.53 Å². The standard InChI is InChI=1S/C21H28N2O2S/c1-2-14-25-18-10-8-17(9-11-18)21(24)22-16-19(20-7-6-15-26-20)23-12-4-3-5-13-23/h6-11,15,19H,2-5,12-14,16H2,1H3,(H,22,24)/t19-/m1/s1. The number of rotatable bonds is 8. The third-order valence-corrected chi connectivity index (χ3v) is 5.72. The van der Waals surface area contributed by atoms with Crippen LogP contribution < -0.4 is 10.1 Å². The largest absolute Gasteiger partial charge is 0.494 e. The number of likely N-dealkylation sites (tertiary alicyclic amines) is 1. The summed E-state index contributed by atoms with van der Waals surface area (Å²) in [5, 5.41) is 5.25. The zero-order chi connectivity index (χ0) is 18.2. The van der Waals surface area contributed by atoms with Crippen LogP contribution in [-0.2, 0) is 0 Å². The molecule has 2 aromatic rings. The van der Waals surface area contributed by atoms with Crippen molar-refractivity contribution in [2.45, 2.75) is 38.6 Å². The maximum Gasteiger partial charge on any atom is 0.251 e. The number of carbonyl (C=O) groups excluding carboxylic acids is 1. The van der Waals surface area contributed by atoms with Gasteiger partial charge in [0, 0.05) is 17.0 Å². The van der Waals surface area contributed by atoms with Crippen molar-refractivity contribution >= 4 is 17.2 Å². The molecule has 0 bridgehead atoms. The SMILES string of the molecule is CCCOc1ccc(C(=O)NC[C@H](c2cccs2)N2CCCCC2)cc1. The first kappa shape index (κ1) is 18.9. The van der Waals surface area contributed by atoms with Crippen molar-refractivity contribution in [3.05, 3.63) is 52.2 Å². The van der Waals surface area contributed by atoms with E-state index in [0.29, 0.717) is 18.7 Å². The zero-order valence-electron chi connectivity index (χ0n) is 15.4. The second-order valence-electron chi connectivity index (χ2n) is 6.71. The number of nitrogens with zero attached hydrogens (tertiary/aromatic N) is 1. The molecule has 4 nitrogen and oxygen atoms in total. The number of hydrogen-bond donors (Lipinski definition) is 1. The summed E-state index contributed by atoms with van der Waals surface area (Å²) in [6.07, 6.45) is 4.78. The number of piperidine rings is 1. The Morgan fingerprint density at radius 3 is 2.62 bits per heavy atom. The third-order valence-electron chi connectivity index (χ3n) is 4.75. The molecule has 0 spiro atoms. The van der Waals surface area contributed by atoms with Gasteiger partial charge >= 0.3 is 0 Å². The zero-order valence-corrected chi connectivity index (χ0v) is 16.3. The van der Waals surface area contributed by atoms with Crippen LogP contribution in [0.5, 0.6) is 5.75 Å². The molecular weight excluding hydrogens is 344 g/mol. The Bertz CT molecular complexity index is 664. The third kappa shape index (κ3) is 5.08. The molecule has 3 rings (SSSR count). The lowest BCUT2D eigenvalue weighted by atomic mass is 10.1. The van der Waals surface area contributed by atoms with Gasteiger partial charge < -0.3 is 10.1 Å². The molecule has 1 aliphatic heterocycles. The second kappa shape index (κ2) is 9.74. The van der Waals surface area contributed by atoms with Crippen LogP contribution >= 0.6 is 11.3 Å². The van der Waals surface area contributed by atoms with E-state index in [9.17, 15) is 4.79 Å². The van der Waals surface area contributed by atoms with E-state index in [1.165, 1.54) is 24.1 Å². The van der Waals surface area contributed by atoms with E-state index in [1.54, 1.807) is 11.3 Å². The Kier molecular flexibility index (Phi) is 7.09. The first-order valence-corrected chi connectivity index (χ1v) is 10.4. The molecule has 1 aromatic carbocycles. The van der Waals surface area contributed by atoms with Crippen LogP contribution in [0.15, 0.2) is 41.8 Å². The Balaban J connectivity index is 1.60. The van der Waals surface area contributed by atoms with Crippen LogP contribution in [0.2, 0.25) is 0 Å². The van der Waals surface area contributed by atoms with Crippen LogP contribution in [0, 0.1) is 0 Å². The van der Waals surface area contributed by atoms with Crippen molar-refractivity contribution in [1.82, 2.24) is 10.2 Å². The molecule has 140 valence electrons. The minimum atomic E-state index is -0.0226. The van der Waals surface area contributed by atoms with Crippen LogP contribution in [0.4, 0.5) is 0 Å². The number of carbonyl (C=O) groups is 1. The normalized spacial score (nSPS) is 16.2. The molecule has 0 saturated carbocycles. The predicted molar refractivity (Wildman–Crippen MR) is 107 cm³/mol. The van der Waals surface area contributed by atoms with E-state index in [-0.39, 0.29) is 11.9 Å². The lowest BCUT2D eigenvalue weighted by Crippen LogP contribution is -2.40. The van der Waals surface area contributed by atoms with Crippen molar-refractivity contribution in [2.24, 2.45) is 0 Å². The lowest BCUT2D eigenvalue weighted by Gasteiger charge is -2.34. The summed E-state index contributed by atoms with van der Waals surface area (Å²) in [6, 6.07) is 11.9. The summed E-state index contributed by atoms with van der Waals surface area (Å²) in [5.74, 6) is 0.791. The van der Waals surface area contributed by atoms with E-state index in [4.69, 9.17) is 4.74 Å². The topological polar surface area (TPSA) is 41.6 Å². The number of hydrogen-bond acceptors (Lipinski definition) is 4. The van der Waals surface area contributed by atoms with Gasteiger partial charge in [-0.2, -0.15) is 0 Å². The summed E-state index contributed by atoms with van der Waals surface area (Å²) in [4.78, 5) is 16.4. The molecule has 2 heterocycles. The molecule has 1 atom stereocenters. The van der Waals surface area contributed by atoms with Gasteiger partial charge in [0.1, 0.15) is 5.75 Å². The van der Waals surface area contributed by atoms with E-state index in [1.807, 2.05) is 24.3 Å². The molecule has 1 amide bonds. The average molecular weight is 373 g/mol. The van der Waals surface area contributed by atoms with Gasteiger partial charge in [-0.05, 0) is 68.1 Å². The molecule has 1 fully saturated rings. The highest BCUT2D eigenvalue weighted by Crippen LogP contribution is 2.27. The van der Waals surface area contributed by atoms with Crippen molar-refractivity contribution in [2.75, 3.05) is 26.2 Å². The fraction of sp³-hybridized carbons (Fsp3) is 0.476. The first-order chi connectivity index (χ1) is 12.8. The highest BCUT2D eigenvalue weighted by Gasteiger charge is 2.23. The monoisotopic (exact) mass is 372 g/mol. The molecule has 0 radical (unpaired) electrons. The Morgan fingerprint density at radius 1 is 1.19 bits per heavy atom. The Labute approximate surface area is 160 Å². The van der Waals surface area contributed by atoms with Crippen LogP contribution in [0.1, 0.15) is 53.9 Å². The van der Waals surface area contributed by atoms with Crippen molar-refractivity contribution in [3.8, 4) is 5.75 Å². The van der Waals surface area contributed by atoms with E-state index < -0.39 is 0 Å². The summed E-state index contributed by atoms with van der Waals surface area (Å²) < 4.78 is 5.58. The van der Waals surface area contributed by atoms with Gasteiger partial charge in [0.2, 0.25) is 0 Å². The molecule has 0 aliphatic carbocycles. The second-order valence-corrected chi connectivity index (χ2v) is 7.69. The van der Waals surface area contributed by atoms with Crippen LogP contribution in [-0.4, -0.2) is 37.0 Å². The fourth-order valence-corrected chi connectivity index (χ4v) is 4.20. The predicted octanol–water partition coefficient (Wildman–Crippen LogP) is 4.49. The van der Waals surface area contributed by atoms with Gasteiger partial charge in [-0.15, -0.1) is 11.3 Å². The van der Waals surface area contributed by atoms with Gasteiger partial charge in [-0.1, -0.05) is 19.4 Å². The summed E-state index contributed by atoms with van der Waals surface area (Å²) in [5.41, 5.74) is 0.678. The van der Waals surface area contributed by atoms with Gasteiger partial charge in [-0.3, -0.25) is 9.69 Å². The molecule has 1 aromatic heterocycles. The quantitative estimate of drug-likeness (QED) is 0.742. The first-order valence-electron chi connectivity index (χ1n) is 9.56. The molecule has 1 saturated heterocycles. The molecular formula is C21H28N2O2S. The molecule has 26 heavy (non-hydrogen) atoms. The van der Waals surface area contributed by atoms with Crippen LogP contribution in [0.25, 0.3) is 0 Å². The minimum Gasteiger partial charge on any atom is -0.494 e. The summed E-state index contributed by atoms with van der Waals surface area (Å²) in [6.45, 7) is 5.65. The number of nitrogens with one attached hydrogen (secondary N) is 1. The number of benzene rings is 1. The maximum atomic E-state index is 12.6. The van der Waals surface area contributed by atoms with E-state index in [2.05, 4.69) is 34.7 Å². The molecule has 5 heteroatoms. The van der Waals surface area contributed by atoms with Gasteiger partial charge in [-0.25, -0.2) is 0 Å². The van der Waals surface area contributed by atoms with Gasteiger partial charge in [0.25, 0.3) is 5.91 Å². The Hall–Kier alpha value is -1.85. The lowest BCUT2D eigenvalue weighted by molar-refractivity contribution is 0.0925. The van der Waals surface area contributed by atoms with Crippen molar-refractivity contribution in [1.29, 1.82) is 0 Å². The molecule has 0 unspecified atom stereocenters. The smallest absolute Gasteiger partial charge is 0.251 e. The number of ether oxygens (including phenoxy) is 1. The average Bonchev–Trinajstić information content (AvgIpc) is 3.22. The van der Waals surface area contributed by atoms with E-state index in [0.717, 1.165) is 25.3 Å². The molecule has 1 N–H and O–H groups in total. The maximum absolute atomic E-state index is 12.6. The molecule has 1 aliphatic rings. The van der Waals surface area contributed by atoms with Crippen molar-refractivity contribution in [3.63, 3.8) is 0 Å². The number of thiophene rings is 1. The fourth-order valence-electron chi connectivity index (χ4n) is 3.33. The Morgan fingerprint density at radius 2 is 1.96 bits per heavy atom. The van der Waals surface area contributed by atoms with Gasteiger partial charge in [0.15, 0.2) is 0 Å². The van der Waals surface area contributed by atoms with E-state index >= 15 is 0 Å². The minimum absolute atomic E-state index is 0.0226. The van der Waals surface area contributed by atoms with Gasteiger partial charge in [0.05, 0.1) is 12.6 Å².